The lowest BCUT2D eigenvalue weighted by atomic mass is 10.0. The predicted octanol–water partition coefficient (Wildman–Crippen LogP) is 2.00. The van der Waals surface area contributed by atoms with E-state index in [4.69, 9.17) is 11.6 Å². The summed E-state index contributed by atoms with van der Waals surface area (Å²) in [7, 11) is 0. The lowest BCUT2D eigenvalue weighted by Crippen LogP contribution is -2.42. The predicted molar refractivity (Wildman–Crippen MR) is 76.6 cm³/mol. The van der Waals surface area contributed by atoms with E-state index in [1.807, 2.05) is 19.1 Å². The van der Waals surface area contributed by atoms with Gasteiger partial charge in [-0.1, -0.05) is 18.2 Å². The van der Waals surface area contributed by atoms with Crippen molar-refractivity contribution in [2.24, 2.45) is 0 Å². The molecule has 2 atom stereocenters. The number of hydrogen-bond acceptors (Lipinski definition) is 3. The van der Waals surface area contributed by atoms with Crippen LogP contribution in [0.5, 0.6) is 0 Å². The summed E-state index contributed by atoms with van der Waals surface area (Å²) in [4.78, 5) is 13.5. The second-order valence-corrected chi connectivity index (χ2v) is 4.88. The highest BCUT2D eigenvalue weighted by Gasteiger charge is 2.25. The van der Waals surface area contributed by atoms with Crippen molar-refractivity contribution in [3.63, 3.8) is 0 Å². The molecule has 0 radical (unpaired) electrons. The Morgan fingerprint density at radius 1 is 1.42 bits per heavy atom. The van der Waals surface area contributed by atoms with Crippen LogP contribution in [0.25, 0.3) is 0 Å². The van der Waals surface area contributed by atoms with Crippen molar-refractivity contribution in [3.8, 4) is 0 Å². The van der Waals surface area contributed by atoms with Crippen molar-refractivity contribution in [1.82, 2.24) is 0 Å². The number of para-hydroxylation sites is 1. The zero-order valence-electron chi connectivity index (χ0n) is 11.4. The van der Waals surface area contributed by atoms with Crippen molar-refractivity contribution in [1.29, 1.82) is 0 Å². The molecule has 0 saturated heterocycles. The number of halogens is 1. The highest BCUT2D eigenvalue weighted by atomic mass is 35.5. The van der Waals surface area contributed by atoms with Gasteiger partial charge >= 0.3 is 0 Å². The Morgan fingerprint density at radius 3 is 2.53 bits per heavy atom. The Labute approximate surface area is 118 Å². The number of carbonyl (C=O) groups is 1. The third-order valence-corrected chi connectivity index (χ3v) is 3.28. The molecule has 4 nitrogen and oxygen atoms in total. The smallest absolute Gasteiger partial charge is 0.242 e. The van der Waals surface area contributed by atoms with E-state index in [9.17, 15) is 15.0 Å². The fourth-order valence-electron chi connectivity index (χ4n) is 2.08. The van der Waals surface area contributed by atoms with Gasteiger partial charge in [-0.25, -0.2) is 0 Å². The van der Waals surface area contributed by atoms with E-state index < -0.39 is 12.1 Å². The first-order valence-electron chi connectivity index (χ1n) is 6.20. The third-order valence-electron chi connectivity index (χ3n) is 3.05. The van der Waals surface area contributed by atoms with E-state index in [1.54, 1.807) is 19.9 Å². The molecule has 0 fully saturated rings. The highest BCUT2D eigenvalue weighted by Crippen LogP contribution is 2.31. The zero-order valence-corrected chi connectivity index (χ0v) is 12.2. The van der Waals surface area contributed by atoms with Crippen LogP contribution in [0.2, 0.25) is 0 Å². The molecular formula is C14H20ClNO3. The molecule has 0 aliphatic carbocycles. The molecule has 1 rings (SSSR count). The van der Waals surface area contributed by atoms with Crippen LogP contribution >= 0.6 is 11.6 Å². The minimum absolute atomic E-state index is 0.169. The van der Waals surface area contributed by atoms with Gasteiger partial charge < -0.3 is 15.1 Å². The number of aliphatic hydroxyl groups is 2. The maximum absolute atomic E-state index is 12.0. The second-order valence-electron chi connectivity index (χ2n) is 4.62. The molecule has 0 aliphatic rings. The van der Waals surface area contributed by atoms with E-state index in [0.717, 1.165) is 5.56 Å². The van der Waals surface area contributed by atoms with E-state index in [1.165, 1.54) is 4.90 Å². The Balaban J connectivity index is 3.40. The molecular weight excluding hydrogens is 266 g/mol. The van der Waals surface area contributed by atoms with Crippen LogP contribution in [0.4, 0.5) is 5.69 Å². The van der Waals surface area contributed by atoms with Gasteiger partial charge in [-0.15, -0.1) is 11.6 Å². The summed E-state index contributed by atoms with van der Waals surface area (Å²) in [6.45, 7) is 5.07. The molecule has 0 spiro atoms. The van der Waals surface area contributed by atoms with Crippen molar-refractivity contribution in [3.05, 3.63) is 29.3 Å². The molecule has 0 bridgehead atoms. The van der Waals surface area contributed by atoms with Crippen LogP contribution in [-0.4, -0.2) is 34.6 Å². The monoisotopic (exact) mass is 285 g/mol. The molecule has 106 valence electrons. The van der Waals surface area contributed by atoms with Crippen LogP contribution < -0.4 is 4.90 Å². The van der Waals surface area contributed by atoms with Gasteiger partial charge in [-0.05, 0) is 26.3 Å². The number of rotatable bonds is 5. The normalized spacial score (nSPS) is 14.0. The van der Waals surface area contributed by atoms with Crippen molar-refractivity contribution in [2.45, 2.75) is 32.9 Å². The number of amides is 1. The molecule has 2 unspecified atom stereocenters. The summed E-state index contributed by atoms with van der Waals surface area (Å²) in [5.41, 5.74) is 2.14. The van der Waals surface area contributed by atoms with Crippen LogP contribution in [0, 0.1) is 6.92 Å². The standard InChI is InChI=1S/C14H20ClNO3/c1-9-5-4-6-12(11(3)18)14(9)16(10(2)8-17)13(19)7-15/h4-6,10-11,17-18H,7-8H2,1-3H3. The number of aryl methyl sites for hydroxylation is 1. The van der Waals surface area contributed by atoms with Crippen molar-refractivity contribution in [2.75, 3.05) is 17.4 Å². The maximum Gasteiger partial charge on any atom is 0.242 e. The second kappa shape index (κ2) is 6.89. The van der Waals surface area contributed by atoms with Gasteiger partial charge in [0, 0.05) is 5.56 Å². The average molecular weight is 286 g/mol. The summed E-state index contributed by atoms with van der Waals surface area (Å²) < 4.78 is 0. The molecule has 0 aromatic heterocycles. The fourth-order valence-corrected chi connectivity index (χ4v) is 2.21. The van der Waals surface area contributed by atoms with Gasteiger partial charge in [0.15, 0.2) is 0 Å². The van der Waals surface area contributed by atoms with Crippen molar-refractivity contribution < 1.29 is 15.0 Å². The molecule has 1 aromatic carbocycles. The van der Waals surface area contributed by atoms with E-state index in [2.05, 4.69) is 0 Å². The van der Waals surface area contributed by atoms with Gasteiger partial charge in [-0.2, -0.15) is 0 Å². The van der Waals surface area contributed by atoms with Gasteiger partial charge in [0.25, 0.3) is 0 Å². The molecule has 0 saturated carbocycles. The van der Waals surface area contributed by atoms with Gasteiger partial charge in [0.1, 0.15) is 5.88 Å². The number of hydrogen-bond donors (Lipinski definition) is 2. The minimum Gasteiger partial charge on any atom is -0.394 e. The zero-order chi connectivity index (χ0) is 14.6. The summed E-state index contributed by atoms with van der Waals surface area (Å²) in [5, 5.41) is 19.2. The lowest BCUT2D eigenvalue weighted by Gasteiger charge is -2.31. The molecule has 1 amide bonds. The van der Waals surface area contributed by atoms with Crippen molar-refractivity contribution >= 4 is 23.2 Å². The third kappa shape index (κ3) is 3.47. The Bertz CT molecular complexity index is 448. The Morgan fingerprint density at radius 2 is 2.05 bits per heavy atom. The first kappa shape index (κ1) is 16.0. The van der Waals surface area contributed by atoms with Gasteiger partial charge in [-0.3, -0.25) is 4.79 Å². The maximum atomic E-state index is 12.0. The number of alkyl halides is 1. The average Bonchev–Trinajstić information content (AvgIpc) is 2.39. The number of aliphatic hydroxyl groups excluding tert-OH is 2. The number of anilines is 1. The van der Waals surface area contributed by atoms with Crippen LogP contribution in [0.3, 0.4) is 0 Å². The molecule has 19 heavy (non-hydrogen) atoms. The first-order chi connectivity index (χ1) is 8.93. The molecule has 2 N–H and O–H groups in total. The van der Waals surface area contributed by atoms with E-state index in [-0.39, 0.29) is 18.4 Å². The largest absolute Gasteiger partial charge is 0.394 e. The first-order valence-corrected chi connectivity index (χ1v) is 6.73. The quantitative estimate of drug-likeness (QED) is 0.814. The Hall–Kier alpha value is -1.10. The lowest BCUT2D eigenvalue weighted by molar-refractivity contribution is -0.116. The van der Waals surface area contributed by atoms with Gasteiger partial charge in [0.05, 0.1) is 24.4 Å². The van der Waals surface area contributed by atoms with Crippen LogP contribution in [-0.2, 0) is 4.79 Å². The summed E-state index contributed by atoms with van der Waals surface area (Å²) >= 11 is 5.65. The SMILES string of the molecule is Cc1cccc(C(C)O)c1N(C(=O)CCl)C(C)CO. The molecule has 0 aliphatic heterocycles. The summed E-state index contributed by atoms with van der Waals surface area (Å²) in [6.07, 6.45) is -0.702. The number of benzene rings is 1. The number of carbonyl (C=O) groups excluding carboxylic acids is 1. The molecule has 5 heteroatoms. The van der Waals surface area contributed by atoms with Gasteiger partial charge in [0.2, 0.25) is 5.91 Å². The summed E-state index contributed by atoms with van der Waals surface area (Å²) in [6, 6.07) is 5.06. The molecule has 1 aromatic rings. The van der Waals surface area contributed by atoms with Crippen LogP contribution in [0.1, 0.15) is 31.1 Å². The number of nitrogens with zero attached hydrogens (tertiary/aromatic N) is 1. The fraction of sp³-hybridized carbons (Fsp3) is 0.500. The minimum atomic E-state index is -0.702. The Kier molecular flexibility index (Phi) is 5.79. The van der Waals surface area contributed by atoms with E-state index in [0.29, 0.717) is 11.3 Å². The molecule has 0 heterocycles. The van der Waals surface area contributed by atoms with E-state index >= 15 is 0 Å². The van der Waals surface area contributed by atoms with Crippen LogP contribution in [0.15, 0.2) is 18.2 Å². The topological polar surface area (TPSA) is 60.8 Å². The summed E-state index contributed by atoms with van der Waals surface area (Å²) in [5.74, 6) is -0.461. The highest BCUT2D eigenvalue weighted by molar-refractivity contribution is 6.29.